The van der Waals surface area contributed by atoms with Crippen molar-refractivity contribution < 1.29 is 41.3 Å². The Morgan fingerprint density at radius 3 is 2.42 bits per heavy atom. The molecule has 1 saturated carbocycles. The minimum Gasteiger partial charge on any atom is -0.619 e. The Kier molecular flexibility index (Phi) is 11.9. The van der Waals surface area contributed by atoms with Crippen molar-refractivity contribution in [2.45, 2.75) is 43.4 Å². The highest BCUT2D eigenvalue weighted by Gasteiger charge is 2.27. The maximum atomic E-state index is 13.2. The first kappa shape index (κ1) is 33.2. The molecule has 2 atom stereocenters. The smallest absolute Gasteiger partial charge is 0.387 e. The molecule has 0 bridgehead atoms. The van der Waals surface area contributed by atoms with Gasteiger partial charge in [0.2, 0.25) is 11.3 Å². The topological polar surface area (TPSA) is 112 Å². The molecular formula is C28H28Cl2F2N2O7S2. The third-order valence-electron chi connectivity index (χ3n) is 6.49. The lowest BCUT2D eigenvalue weighted by Crippen LogP contribution is -2.33. The Bertz CT molecular complexity index is 1430. The molecule has 0 spiro atoms. The van der Waals surface area contributed by atoms with Gasteiger partial charge in [-0.25, -0.2) is 4.21 Å². The fourth-order valence-electron chi connectivity index (χ4n) is 4.10. The summed E-state index contributed by atoms with van der Waals surface area (Å²) in [4.78, 5) is 14.2. The van der Waals surface area contributed by atoms with Crippen molar-refractivity contribution in [3.05, 3.63) is 86.8 Å². The van der Waals surface area contributed by atoms with Gasteiger partial charge in [-0.05, 0) is 60.4 Å². The Balaban J connectivity index is 1.60. The summed E-state index contributed by atoms with van der Waals surface area (Å²) in [6, 6.07) is 11.4. The summed E-state index contributed by atoms with van der Waals surface area (Å²) in [5.74, 6) is -0.717. The average molecular weight is 678 g/mol. The monoisotopic (exact) mass is 676 g/mol. The van der Waals surface area contributed by atoms with Gasteiger partial charge in [-0.2, -0.15) is 17.8 Å². The van der Waals surface area contributed by atoms with E-state index in [0.717, 1.165) is 34.4 Å². The molecule has 0 radical (unpaired) electrons. The van der Waals surface area contributed by atoms with E-state index >= 15 is 0 Å². The number of rotatable bonds is 15. The Labute approximate surface area is 264 Å². The maximum Gasteiger partial charge on any atom is 0.387 e. The normalized spacial score (nSPS) is 14.5. The van der Waals surface area contributed by atoms with Crippen molar-refractivity contribution in [2.24, 2.45) is 5.92 Å². The first-order valence-electron chi connectivity index (χ1n) is 13.0. The highest BCUT2D eigenvalue weighted by molar-refractivity contribution is 7.98. The fourth-order valence-corrected chi connectivity index (χ4v) is 5.58. The number of halogens is 4. The zero-order valence-corrected chi connectivity index (χ0v) is 25.9. The second kappa shape index (κ2) is 15.4. The number of hydrogen-bond donors (Lipinski definition) is 1. The zero-order valence-electron chi connectivity index (χ0n) is 22.8. The molecule has 1 aliphatic rings. The van der Waals surface area contributed by atoms with Crippen molar-refractivity contribution in [2.75, 3.05) is 19.4 Å². The van der Waals surface area contributed by atoms with Gasteiger partial charge in [-0.1, -0.05) is 41.4 Å². The van der Waals surface area contributed by atoms with Gasteiger partial charge in [0, 0.05) is 23.4 Å². The van der Waals surface area contributed by atoms with E-state index < -0.39 is 36.5 Å². The molecule has 1 N–H and O–H groups in total. The zero-order chi connectivity index (χ0) is 31.1. The van der Waals surface area contributed by atoms with Crippen molar-refractivity contribution in [3.8, 4) is 11.5 Å². The molecule has 9 nitrogen and oxygen atoms in total. The number of alkyl halides is 2. The van der Waals surface area contributed by atoms with Gasteiger partial charge in [-0.3, -0.25) is 9.35 Å². The van der Waals surface area contributed by atoms with Crippen LogP contribution in [0.4, 0.5) is 8.78 Å². The molecule has 1 heterocycles. The van der Waals surface area contributed by atoms with E-state index in [4.69, 9.17) is 32.7 Å². The molecule has 15 heteroatoms. The third kappa shape index (κ3) is 9.91. The number of benzene rings is 2. The van der Waals surface area contributed by atoms with Gasteiger partial charge in [0.05, 0.1) is 6.61 Å². The van der Waals surface area contributed by atoms with Crippen molar-refractivity contribution in [1.29, 1.82) is 0 Å². The fraction of sp³-hybridized carbons (Fsp3) is 0.357. The van der Waals surface area contributed by atoms with Crippen molar-refractivity contribution in [3.63, 3.8) is 0 Å². The first-order valence-corrected chi connectivity index (χ1v) is 16.0. The van der Waals surface area contributed by atoms with Gasteiger partial charge in [-0.15, -0.1) is 11.8 Å². The third-order valence-corrected chi connectivity index (χ3v) is 8.59. The highest BCUT2D eigenvalue weighted by Crippen LogP contribution is 2.38. The van der Waals surface area contributed by atoms with Crippen molar-refractivity contribution in [1.82, 2.24) is 4.31 Å². The largest absolute Gasteiger partial charge is 0.619 e. The number of carbonyl (C=O) groups excluding carboxylic acids is 1. The quantitative estimate of drug-likeness (QED) is 0.0665. The summed E-state index contributed by atoms with van der Waals surface area (Å²) >= 11 is 11.6. The molecule has 3 aromatic rings. The number of esters is 1. The Morgan fingerprint density at radius 2 is 1.84 bits per heavy atom. The molecule has 1 aromatic heterocycles. The van der Waals surface area contributed by atoms with E-state index in [1.807, 2.05) is 18.4 Å². The highest BCUT2D eigenvalue weighted by atomic mass is 35.5. The van der Waals surface area contributed by atoms with Crippen LogP contribution in [0.25, 0.3) is 0 Å². The van der Waals surface area contributed by atoms with E-state index in [1.54, 1.807) is 23.9 Å². The Hall–Kier alpha value is -2.68. The van der Waals surface area contributed by atoms with Crippen LogP contribution in [0.1, 0.15) is 35.6 Å². The SMILES string of the molecule is CSc1ccc(CN(CC(=O)O[C@@H](Cc2c(Cl)c[n+]([O-])cc2Cl)c2ccc(OC(F)F)c(OCC3CC3)c2)S(=O)O)cc1. The number of nitrogens with zero attached hydrogens (tertiary/aromatic N) is 2. The standard InChI is InChI=1S/C28H28Cl2F2N2O7S2/c1-42-20-7-4-17(5-8-20)12-34(43(37)38)15-27(35)40-25(11-21-22(29)13-33(36)14-23(21)30)19-6-9-24(41-28(31)32)26(10-19)39-16-18-2-3-18/h4-10,13-14,18,25,28H,2-3,11-12,15-16H2,1H3,(H,37,38)/t25-/m0/s1. The van der Waals surface area contributed by atoms with Gasteiger partial charge in [0.15, 0.2) is 23.9 Å². The van der Waals surface area contributed by atoms with Crippen LogP contribution in [0.15, 0.2) is 59.8 Å². The van der Waals surface area contributed by atoms with Crippen LogP contribution in [-0.4, -0.2) is 45.1 Å². The molecule has 43 heavy (non-hydrogen) atoms. The molecule has 232 valence electrons. The molecule has 0 saturated heterocycles. The van der Waals surface area contributed by atoms with Gasteiger partial charge >= 0.3 is 12.6 Å². The lowest BCUT2D eigenvalue weighted by atomic mass is 10.0. The summed E-state index contributed by atoms with van der Waals surface area (Å²) in [7, 11) is 0. The summed E-state index contributed by atoms with van der Waals surface area (Å²) < 4.78 is 65.7. The second-order valence-electron chi connectivity index (χ2n) is 9.69. The van der Waals surface area contributed by atoms with Crippen LogP contribution in [0.5, 0.6) is 11.5 Å². The van der Waals surface area contributed by atoms with E-state index in [9.17, 15) is 27.5 Å². The van der Waals surface area contributed by atoms with Crippen LogP contribution < -0.4 is 14.2 Å². The van der Waals surface area contributed by atoms with E-state index in [2.05, 4.69) is 4.74 Å². The predicted octanol–water partition coefficient (Wildman–Crippen LogP) is 6.20. The summed E-state index contributed by atoms with van der Waals surface area (Å²) in [5, 5.41) is 11.8. The lowest BCUT2D eigenvalue weighted by molar-refractivity contribution is -0.605. The number of thioether (sulfide) groups is 1. The van der Waals surface area contributed by atoms with Crippen molar-refractivity contribution >= 4 is 52.2 Å². The molecule has 2 aromatic carbocycles. The number of carbonyl (C=O) groups is 1. The maximum absolute atomic E-state index is 13.2. The molecule has 0 amide bonds. The number of ether oxygens (including phenoxy) is 3. The first-order chi connectivity index (χ1) is 20.5. The molecule has 1 unspecified atom stereocenters. The van der Waals surface area contributed by atoms with Gasteiger partial charge in [0.25, 0.3) is 0 Å². The van der Waals surface area contributed by atoms with Crippen LogP contribution in [0, 0.1) is 11.1 Å². The molecular weight excluding hydrogens is 649 g/mol. The van der Waals surface area contributed by atoms with Crippen LogP contribution in [0.2, 0.25) is 10.0 Å². The minimum absolute atomic E-state index is 0.0122. The van der Waals surface area contributed by atoms with Crippen LogP contribution in [-0.2, 0) is 33.8 Å². The summed E-state index contributed by atoms with van der Waals surface area (Å²) in [6.45, 7) is -3.37. The number of aromatic nitrogens is 1. The van der Waals surface area contributed by atoms with E-state index in [1.165, 1.54) is 18.2 Å². The van der Waals surface area contributed by atoms with Gasteiger partial charge < -0.3 is 19.4 Å². The molecule has 1 fully saturated rings. The van der Waals surface area contributed by atoms with Crippen LogP contribution in [0.3, 0.4) is 0 Å². The number of pyridine rings is 1. The predicted molar refractivity (Wildman–Crippen MR) is 159 cm³/mol. The second-order valence-corrected chi connectivity index (χ2v) is 12.4. The lowest BCUT2D eigenvalue weighted by Gasteiger charge is -2.23. The average Bonchev–Trinajstić information content (AvgIpc) is 3.78. The number of hydrogen-bond acceptors (Lipinski definition) is 7. The van der Waals surface area contributed by atoms with E-state index in [-0.39, 0.29) is 40.1 Å². The molecule has 4 rings (SSSR count). The van der Waals surface area contributed by atoms with Gasteiger partial charge in [0.1, 0.15) is 22.7 Å². The molecule has 1 aliphatic carbocycles. The van der Waals surface area contributed by atoms with E-state index in [0.29, 0.717) is 28.4 Å². The summed E-state index contributed by atoms with van der Waals surface area (Å²) in [5.41, 5.74) is 1.32. The van der Waals surface area contributed by atoms with Crippen LogP contribution >= 0.6 is 35.0 Å². The Morgan fingerprint density at radius 1 is 1.16 bits per heavy atom. The summed E-state index contributed by atoms with van der Waals surface area (Å²) in [6.07, 6.45) is 4.80. The molecule has 0 aliphatic heterocycles. The minimum atomic E-state index is -3.09.